The van der Waals surface area contributed by atoms with Gasteiger partial charge in [0.05, 0.1) is 24.5 Å². The summed E-state index contributed by atoms with van der Waals surface area (Å²) < 4.78 is 37.9. The molecule has 152 valence electrons. The van der Waals surface area contributed by atoms with Crippen molar-refractivity contribution >= 4 is 26.8 Å². The molecule has 1 N–H and O–H groups in total. The molecule has 0 saturated carbocycles. The number of nitrogens with one attached hydrogen (secondary N) is 1. The topological polar surface area (TPSA) is 81.7 Å². The van der Waals surface area contributed by atoms with Crippen LogP contribution in [0, 0.1) is 0 Å². The van der Waals surface area contributed by atoms with Gasteiger partial charge in [-0.3, -0.25) is 4.79 Å². The second kappa shape index (κ2) is 10.0. The molecular weight excluding hydrogens is 390 g/mol. The van der Waals surface area contributed by atoms with Crippen molar-refractivity contribution in [3.05, 3.63) is 72.8 Å². The molecule has 0 unspecified atom stereocenters. The number of ether oxygens (including phenoxy) is 2. The molecule has 0 aliphatic carbocycles. The molecule has 29 heavy (non-hydrogen) atoms. The molecule has 0 aliphatic rings. The lowest BCUT2D eigenvalue weighted by Crippen LogP contribution is -2.27. The van der Waals surface area contributed by atoms with Crippen LogP contribution in [-0.4, -0.2) is 34.1 Å². The molecule has 0 heterocycles. The largest absolute Gasteiger partial charge is 0.493 e. The van der Waals surface area contributed by atoms with Crippen LogP contribution in [0.15, 0.2) is 77.7 Å². The van der Waals surface area contributed by atoms with Gasteiger partial charge >= 0.3 is 5.97 Å². The van der Waals surface area contributed by atoms with Crippen LogP contribution < -0.4 is 9.46 Å². The Hall–Kier alpha value is -2.90. The van der Waals surface area contributed by atoms with Gasteiger partial charge in [0.15, 0.2) is 0 Å². The third-order valence-corrected chi connectivity index (χ3v) is 5.67. The van der Waals surface area contributed by atoms with E-state index < -0.39 is 16.0 Å². The summed E-state index contributed by atoms with van der Waals surface area (Å²) in [7, 11) is -3.68. The number of esters is 1. The summed E-state index contributed by atoms with van der Waals surface area (Å²) in [5.74, 6) is 0.313. The maximum absolute atomic E-state index is 12.4. The molecule has 0 bridgehead atoms. The van der Waals surface area contributed by atoms with Crippen molar-refractivity contribution in [3.8, 4) is 5.75 Å². The Bertz CT molecular complexity index is 1050. The minimum Gasteiger partial charge on any atom is -0.493 e. The highest BCUT2D eigenvalue weighted by atomic mass is 32.2. The van der Waals surface area contributed by atoms with E-state index in [-0.39, 0.29) is 24.5 Å². The van der Waals surface area contributed by atoms with E-state index in [9.17, 15) is 13.2 Å². The molecule has 0 fully saturated rings. The second-order valence-electron chi connectivity index (χ2n) is 6.39. The first-order chi connectivity index (χ1) is 14.0. The van der Waals surface area contributed by atoms with Crippen LogP contribution in [0.25, 0.3) is 10.8 Å². The van der Waals surface area contributed by atoms with Gasteiger partial charge in [0.1, 0.15) is 5.75 Å². The maximum Gasteiger partial charge on any atom is 0.307 e. The zero-order valence-electron chi connectivity index (χ0n) is 15.9. The first-order valence-electron chi connectivity index (χ1n) is 9.36. The first kappa shape index (κ1) is 20.8. The quantitative estimate of drug-likeness (QED) is 0.406. The number of hydrogen-bond acceptors (Lipinski definition) is 5. The molecule has 0 aliphatic heterocycles. The zero-order valence-corrected chi connectivity index (χ0v) is 16.7. The average molecular weight is 413 g/mol. The molecule has 3 rings (SSSR count). The minimum atomic E-state index is -3.68. The highest BCUT2D eigenvalue weighted by Crippen LogP contribution is 2.18. The summed E-state index contributed by atoms with van der Waals surface area (Å²) in [6, 6.07) is 21.8. The van der Waals surface area contributed by atoms with Crippen molar-refractivity contribution in [3.63, 3.8) is 0 Å². The predicted molar refractivity (Wildman–Crippen MR) is 111 cm³/mol. The van der Waals surface area contributed by atoms with Gasteiger partial charge in [0.25, 0.3) is 0 Å². The van der Waals surface area contributed by atoms with E-state index in [1.807, 2.05) is 54.6 Å². The lowest BCUT2D eigenvalue weighted by atomic mass is 10.1. The van der Waals surface area contributed by atoms with Crippen LogP contribution in [0.5, 0.6) is 5.75 Å². The van der Waals surface area contributed by atoms with Crippen molar-refractivity contribution in [2.45, 2.75) is 17.7 Å². The van der Waals surface area contributed by atoms with Crippen molar-refractivity contribution < 1.29 is 22.7 Å². The van der Waals surface area contributed by atoms with E-state index in [2.05, 4.69) is 4.72 Å². The Morgan fingerprint density at radius 1 is 0.862 bits per heavy atom. The molecule has 0 amide bonds. The Morgan fingerprint density at radius 3 is 2.38 bits per heavy atom. The lowest BCUT2D eigenvalue weighted by molar-refractivity contribution is -0.143. The third kappa shape index (κ3) is 6.30. The van der Waals surface area contributed by atoms with E-state index in [0.717, 1.165) is 16.5 Å². The van der Waals surface area contributed by atoms with E-state index in [4.69, 9.17) is 9.47 Å². The fourth-order valence-corrected chi connectivity index (χ4v) is 3.80. The fraction of sp³-hybridized carbons (Fsp3) is 0.227. The summed E-state index contributed by atoms with van der Waals surface area (Å²) >= 11 is 0. The number of rotatable bonds is 10. The molecule has 0 radical (unpaired) electrons. The minimum absolute atomic E-state index is 0.0193. The summed E-state index contributed by atoms with van der Waals surface area (Å²) in [4.78, 5) is 11.9. The van der Waals surface area contributed by atoms with Crippen LogP contribution in [0.2, 0.25) is 0 Å². The lowest BCUT2D eigenvalue weighted by Gasteiger charge is -2.09. The molecular formula is C22H23NO5S. The van der Waals surface area contributed by atoms with Gasteiger partial charge in [-0.15, -0.1) is 0 Å². The Morgan fingerprint density at radius 2 is 1.59 bits per heavy atom. The molecule has 0 aromatic heterocycles. The van der Waals surface area contributed by atoms with E-state index >= 15 is 0 Å². The fourth-order valence-electron chi connectivity index (χ4n) is 2.73. The monoisotopic (exact) mass is 413 g/mol. The Kier molecular flexibility index (Phi) is 7.21. The summed E-state index contributed by atoms with van der Waals surface area (Å²) in [5.41, 5.74) is 0. The van der Waals surface area contributed by atoms with Gasteiger partial charge < -0.3 is 9.47 Å². The van der Waals surface area contributed by atoms with E-state index in [0.29, 0.717) is 13.0 Å². The molecule has 7 heteroatoms. The van der Waals surface area contributed by atoms with Crippen LogP contribution in [0.3, 0.4) is 0 Å². The molecule has 6 nitrogen and oxygen atoms in total. The molecule has 0 atom stereocenters. The zero-order chi connectivity index (χ0) is 20.5. The van der Waals surface area contributed by atoms with E-state index in [1.54, 1.807) is 18.2 Å². The highest BCUT2D eigenvalue weighted by molar-refractivity contribution is 7.89. The van der Waals surface area contributed by atoms with Gasteiger partial charge in [0.2, 0.25) is 10.0 Å². The molecule has 3 aromatic carbocycles. The van der Waals surface area contributed by atoms with E-state index in [1.165, 1.54) is 0 Å². The molecule has 0 spiro atoms. The standard InChI is InChI=1S/C22H23NO5S/c24-22(28-16-6-15-27-20-9-2-1-3-10-20)13-14-23-29(25,26)21-12-11-18-7-4-5-8-19(18)17-21/h1-5,7-12,17,23H,6,13-16H2. The second-order valence-corrected chi connectivity index (χ2v) is 8.16. The van der Waals surface area contributed by atoms with Crippen LogP contribution >= 0.6 is 0 Å². The number of carbonyl (C=O) groups is 1. The Labute approximate surface area is 170 Å². The average Bonchev–Trinajstić information content (AvgIpc) is 2.74. The van der Waals surface area contributed by atoms with Gasteiger partial charge in [-0.2, -0.15) is 0 Å². The van der Waals surface area contributed by atoms with Crippen molar-refractivity contribution in [2.75, 3.05) is 19.8 Å². The third-order valence-electron chi connectivity index (χ3n) is 4.22. The molecule has 3 aromatic rings. The van der Waals surface area contributed by atoms with Crippen LogP contribution in [0.4, 0.5) is 0 Å². The number of fused-ring (bicyclic) bond motifs is 1. The SMILES string of the molecule is O=C(CCNS(=O)(=O)c1ccc2ccccc2c1)OCCCOc1ccccc1. The number of para-hydroxylation sites is 1. The van der Waals surface area contributed by atoms with Gasteiger partial charge in [-0.1, -0.05) is 48.5 Å². The Balaban J connectivity index is 1.37. The van der Waals surface area contributed by atoms with Crippen LogP contribution in [-0.2, 0) is 19.6 Å². The maximum atomic E-state index is 12.4. The van der Waals surface area contributed by atoms with Gasteiger partial charge in [0, 0.05) is 13.0 Å². The van der Waals surface area contributed by atoms with Crippen molar-refractivity contribution in [1.29, 1.82) is 0 Å². The summed E-state index contributed by atoms with van der Waals surface area (Å²) in [5, 5.41) is 1.80. The van der Waals surface area contributed by atoms with Gasteiger partial charge in [-0.05, 0) is 35.0 Å². The van der Waals surface area contributed by atoms with Crippen molar-refractivity contribution in [2.24, 2.45) is 0 Å². The van der Waals surface area contributed by atoms with Crippen molar-refractivity contribution in [1.82, 2.24) is 4.72 Å². The number of hydrogen-bond donors (Lipinski definition) is 1. The normalized spacial score (nSPS) is 11.3. The highest BCUT2D eigenvalue weighted by Gasteiger charge is 2.15. The molecule has 0 saturated heterocycles. The van der Waals surface area contributed by atoms with Gasteiger partial charge in [-0.25, -0.2) is 13.1 Å². The number of benzene rings is 3. The number of carbonyl (C=O) groups excluding carboxylic acids is 1. The predicted octanol–water partition coefficient (Wildman–Crippen LogP) is 3.52. The van der Waals surface area contributed by atoms with Crippen LogP contribution in [0.1, 0.15) is 12.8 Å². The number of sulfonamides is 1. The smallest absolute Gasteiger partial charge is 0.307 e. The summed E-state index contributed by atoms with van der Waals surface area (Å²) in [6.45, 7) is 0.642. The first-order valence-corrected chi connectivity index (χ1v) is 10.8. The summed E-state index contributed by atoms with van der Waals surface area (Å²) in [6.07, 6.45) is 0.524.